The van der Waals surface area contributed by atoms with Crippen molar-refractivity contribution in [3.05, 3.63) is 29.8 Å². The molecule has 0 amide bonds. The Labute approximate surface area is 87.6 Å². The minimum atomic E-state index is 0.294. The van der Waals surface area contributed by atoms with E-state index in [4.69, 9.17) is 4.18 Å². The van der Waals surface area contributed by atoms with Crippen LogP contribution in [0, 0.1) is 6.92 Å². The van der Waals surface area contributed by atoms with Crippen molar-refractivity contribution in [1.82, 2.24) is 0 Å². The monoisotopic (exact) mass is 212 g/mol. The van der Waals surface area contributed by atoms with Gasteiger partial charge in [-0.25, -0.2) is 0 Å². The van der Waals surface area contributed by atoms with E-state index in [0.29, 0.717) is 19.7 Å². The summed E-state index contributed by atoms with van der Waals surface area (Å²) in [5.74, 6) is 0. The van der Waals surface area contributed by atoms with Crippen LogP contribution in [-0.4, -0.2) is 19.7 Å². The summed E-state index contributed by atoms with van der Waals surface area (Å²) in [6.07, 6.45) is 0. The van der Waals surface area contributed by atoms with Crippen molar-refractivity contribution in [2.24, 2.45) is 0 Å². The molecule has 1 aromatic carbocycles. The lowest BCUT2D eigenvalue weighted by molar-refractivity contribution is -0.129. The Morgan fingerprint density at radius 3 is 2.64 bits per heavy atom. The second kappa shape index (κ2) is 6.45. The number of hydrogen-bond acceptors (Lipinski definition) is 4. The lowest BCUT2D eigenvalue weighted by Crippen LogP contribution is -1.98. The normalized spacial score (nSPS) is 9.79. The topological polar surface area (TPSA) is 35.5 Å². The Morgan fingerprint density at radius 1 is 1.29 bits per heavy atom. The zero-order valence-corrected chi connectivity index (χ0v) is 8.75. The first kappa shape index (κ1) is 11.1. The number of carbonyl (C=O) groups excluding carboxylic acids is 1. The molecule has 0 bridgehead atoms. The molecule has 0 unspecified atom stereocenters. The summed E-state index contributed by atoms with van der Waals surface area (Å²) < 4.78 is 9.67. The molecule has 1 aromatic rings. The fourth-order valence-electron chi connectivity index (χ4n) is 0.834. The van der Waals surface area contributed by atoms with E-state index in [-0.39, 0.29) is 0 Å². The Bertz CT molecular complexity index is 271. The van der Waals surface area contributed by atoms with Crippen molar-refractivity contribution in [3.63, 3.8) is 0 Å². The van der Waals surface area contributed by atoms with Gasteiger partial charge in [-0.3, -0.25) is 4.79 Å². The summed E-state index contributed by atoms with van der Waals surface area (Å²) in [7, 11) is 0. The predicted octanol–water partition coefficient (Wildman–Crippen LogP) is 2.19. The third-order valence-corrected chi connectivity index (χ3v) is 2.28. The molecule has 0 atom stereocenters. The van der Waals surface area contributed by atoms with E-state index >= 15 is 0 Å². The van der Waals surface area contributed by atoms with Gasteiger partial charge in [-0.15, -0.1) is 0 Å². The van der Waals surface area contributed by atoms with Crippen LogP contribution in [0.4, 0.5) is 0 Å². The van der Waals surface area contributed by atoms with Crippen LogP contribution in [0.5, 0.6) is 0 Å². The van der Waals surface area contributed by atoms with Crippen molar-refractivity contribution in [3.8, 4) is 0 Å². The van der Waals surface area contributed by atoms with Crippen LogP contribution in [0.1, 0.15) is 5.56 Å². The quantitative estimate of drug-likeness (QED) is 0.411. The van der Waals surface area contributed by atoms with Gasteiger partial charge in [0, 0.05) is 16.9 Å². The zero-order chi connectivity index (χ0) is 10.2. The van der Waals surface area contributed by atoms with Crippen LogP contribution in [0.25, 0.3) is 0 Å². The van der Waals surface area contributed by atoms with Gasteiger partial charge in [-0.1, -0.05) is 17.7 Å². The van der Waals surface area contributed by atoms with Gasteiger partial charge < -0.3 is 8.92 Å². The molecule has 0 aliphatic heterocycles. The number of rotatable bonds is 6. The van der Waals surface area contributed by atoms with Crippen molar-refractivity contribution in [2.75, 3.05) is 13.2 Å². The molecule has 0 saturated carbocycles. The SMILES string of the molecule is Cc1ccc(SOCCOC=O)cc1. The van der Waals surface area contributed by atoms with E-state index in [1.165, 1.54) is 17.6 Å². The minimum Gasteiger partial charge on any atom is -0.465 e. The van der Waals surface area contributed by atoms with E-state index in [2.05, 4.69) is 4.74 Å². The molecular weight excluding hydrogens is 200 g/mol. The first-order valence-corrected chi connectivity index (χ1v) is 4.98. The molecule has 0 fully saturated rings. The third kappa shape index (κ3) is 4.30. The highest BCUT2D eigenvalue weighted by Gasteiger charge is 1.94. The fraction of sp³-hybridized carbons (Fsp3) is 0.300. The minimum absolute atomic E-state index is 0.294. The van der Waals surface area contributed by atoms with Gasteiger partial charge in [0.15, 0.2) is 0 Å². The molecule has 0 aliphatic rings. The first-order chi connectivity index (χ1) is 6.83. The molecule has 0 radical (unpaired) electrons. The summed E-state index contributed by atoms with van der Waals surface area (Å²) in [6.45, 7) is 3.15. The maximum atomic E-state index is 9.79. The van der Waals surface area contributed by atoms with Crippen LogP contribution in [-0.2, 0) is 13.7 Å². The van der Waals surface area contributed by atoms with Gasteiger partial charge >= 0.3 is 0 Å². The van der Waals surface area contributed by atoms with Crippen molar-refractivity contribution in [1.29, 1.82) is 0 Å². The van der Waals surface area contributed by atoms with Crippen LogP contribution in [0.15, 0.2) is 29.2 Å². The Morgan fingerprint density at radius 2 is 2.00 bits per heavy atom. The summed E-state index contributed by atoms with van der Waals surface area (Å²) in [5.41, 5.74) is 1.22. The average Bonchev–Trinajstić information content (AvgIpc) is 2.21. The largest absolute Gasteiger partial charge is 0.465 e. The van der Waals surface area contributed by atoms with Crippen molar-refractivity contribution >= 4 is 18.5 Å². The van der Waals surface area contributed by atoms with Crippen LogP contribution >= 0.6 is 12.0 Å². The maximum Gasteiger partial charge on any atom is 0.293 e. The molecule has 14 heavy (non-hydrogen) atoms. The summed E-state index contributed by atoms with van der Waals surface area (Å²) in [4.78, 5) is 10.8. The highest BCUT2D eigenvalue weighted by Crippen LogP contribution is 2.18. The van der Waals surface area contributed by atoms with E-state index in [1.807, 2.05) is 31.2 Å². The fourth-order valence-corrected chi connectivity index (χ4v) is 1.37. The van der Waals surface area contributed by atoms with E-state index in [1.54, 1.807) is 0 Å². The second-order valence-corrected chi connectivity index (χ2v) is 3.56. The molecule has 4 heteroatoms. The molecule has 0 heterocycles. The second-order valence-electron chi connectivity index (χ2n) is 2.69. The molecule has 0 saturated heterocycles. The number of carbonyl (C=O) groups is 1. The molecule has 1 rings (SSSR count). The van der Waals surface area contributed by atoms with Crippen LogP contribution in [0.3, 0.4) is 0 Å². The van der Waals surface area contributed by atoms with E-state index < -0.39 is 0 Å². The molecule has 3 nitrogen and oxygen atoms in total. The third-order valence-electron chi connectivity index (χ3n) is 1.53. The predicted molar refractivity (Wildman–Crippen MR) is 55.0 cm³/mol. The van der Waals surface area contributed by atoms with E-state index in [9.17, 15) is 4.79 Å². The van der Waals surface area contributed by atoms with Crippen molar-refractivity contribution in [2.45, 2.75) is 11.8 Å². The van der Waals surface area contributed by atoms with E-state index in [0.717, 1.165) is 4.90 Å². The van der Waals surface area contributed by atoms with Gasteiger partial charge in [0.25, 0.3) is 6.47 Å². The highest BCUT2D eigenvalue weighted by molar-refractivity contribution is 7.94. The smallest absolute Gasteiger partial charge is 0.293 e. The highest BCUT2D eigenvalue weighted by atomic mass is 32.2. The molecule has 0 aliphatic carbocycles. The number of aryl methyl sites for hydroxylation is 1. The molecule has 0 aromatic heterocycles. The van der Waals surface area contributed by atoms with Crippen LogP contribution in [0.2, 0.25) is 0 Å². The lowest BCUT2D eigenvalue weighted by atomic mass is 10.2. The first-order valence-electron chi connectivity index (χ1n) is 4.24. The average molecular weight is 212 g/mol. The van der Waals surface area contributed by atoms with Gasteiger partial charge in [-0.05, 0) is 19.1 Å². The zero-order valence-electron chi connectivity index (χ0n) is 7.93. The number of benzene rings is 1. The summed E-state index contributed by atoms with van der Waals surface area (Å²) in [5, 5.41) is 0. The molecule has 0 spiro atoms. The maximum absolute atomic E-state index is 9.79. The van der Waals surface area contributed by atoms with Crippen molar-refractivity contribution < 1.29 is 13.7 Å². The van der Waals surface area contributed by atoms with Gasteiger partial charge in [-0.2, -0.15) is 0 Å². The number of ether oxygens (including phenoxy) is 1. The van der Waals surface area contributed by atoms with Gasteiger partial charge in [0.05, 0.1) is 6.61 Å². The number of hydrogen-bond donors (Lipinski definition) is 0. The summed E-state index contributed by atoms with van der Waals surface area (Å²) >= 11 is 1.28. The van der Waals surface area contributed by atoms with Crippen LogP contribution < -0.4 is 0 Å². The van der Waals surface area contributed by atoms with Gasteiger partial charge in [0.1, 0.15) is 6.61 Å². The Balaban J connectivity index is 2.18. The Kier molecular flexibility index (Phi) is 5.11. The Hall–Kier alpha value is -1.00. The summed E-state index contributed by atoms with van der Waals surface area (Å²) in [6, 6.07) is 8.02. The molecule has 76 valence electrons. The molecule has 0 N–H and O–H groups in total. The lowest BCUT2D eigenvalue weighted by Gasteiger charge is -2.01. The standard InChI is InChI=1S/C10H12O3S/c1-9-2-4-10(5-3-9)14-13-7-6-12-8-11/h2-5,8H,6-7H2,1H3. The molecular formula is C10H12O3S. The van der Waals surface area contributed by atoms with Gasteiger partial charge in [0.2, 0.25) is 0 Å².